The average Bonchev–Trinajstić information content (AvgIpc) is 2.83. The second-order valence-corrected chi connectivity index (χ2v) is 4.36. The molecule has 0 radical (unpaired) electrons. The van der Waals surface area contributed by atoms with Crippen molar-refractivity contribution in [1.82, 2.24) is 10.3 Å². The van der Waals surface area contributed by atoms with Gasteiger partial charge in [-0.1, -0.05) is 6.08 Å². The summed E-state index contributed by atoms with van der Waals surface area (Å²) in [6.07, 6.45) is 4.86. The molecule has 0 unspecified atom stereocenters. The Hall–Kier alpha value is -2.14. The second-order valence-electron chi connectivity index (χ2n) is 4.36. The number of nitro benzene ring substituents is 1. The number of rotatable bonds is 5. The molecule has 0 aliphatic rings. The molecule has 1 heterocycles. The van der Waals surface area contributed by atoms with E-state index >= 15 is 0 Å². The van der Waals surface area contributed by atoms with Gasteiger partial charge in [-0.25, -0.2) is 0 Å². The lowest BCUT2D eigenvalue weighted by Gasteiger charge is -2.05. The van der Waals surface area contributed by atoms with E-state index in [2.05, 4.69) is 16.4 Å². The van der Waals surface area contributed by atoms with E-state index in [-0.39, 0.29) is 10.6 Å². The first-order valence-corrected chi connectivity index (χ1v) is 6.23. The number of nitrogens with zero attached hydrogens (tertiary/aromatic N) is 1. The Balaban J connectivity index is 2.48. The van der Waals surface area contributed by atoms with E-state index in [1.165, 1.54) is 11.6 Å². The van der Waals surface area contributed by atoms with Crippen molar-refractivity contribution in [3.63, 3.8) is 0 Å². The van der Waals surface area contributed by atoms with Gasteiger partial charge in [-0.15, -0.1) is 0 Å². The van der Waals surface area contributed by atoms with Crippen LogP contribution in [0.25, 0.3) is 16.5 Å². The SMILES string of the molecule is C/C=C(\CCNC)c1c[nH]c2ccc([N+](=O)[O-])cc12. The zero-order valence-corrected chi connectivity index (χ0v) is 11.1. The fraction of sp³-hybridized carbons (Fsp3) is 0.286. The molecule has 0 aliphatic heterocycles. The summed E-state index contributed by atoms with van der Waals surface area (Å²) in [6.45, 7) is 2.86. The van der Waals surface area contributed by atoms with Gasteiger partial charge < -0.3 is 10.3 Å². The summed E-state index contributed by atoms with van der Waals surface area (Å²) in [7, 11) is 1.91. The van der Waals surface area contributed by atoms with Gasteiger partial charge in [0, 0.05) is 34.8 Å². The zero-order valence-electron chi connectivity index (χ0n) is 11.1. The molecule has 0 amide bonds. The summed E-state index contributed by atoms with van der Waals surface area (Å²) in [6, 6.07) is 4.90. The van der Waals surface area contributed by atoms with Crippen LogP contribution in [0.4, 0.5) is 5.69 Å². The Kier molecular flexibility index (Phi) is 3.97. The third-order valence-corrected chi connectivity index (χ3v) is 3.21. The van der Waals surface area contributed by atoms with Crippen molar-refractivity contribution in [3.8, 4) is 0 Å². The number of nitrogens with one attached hydrogen (secondary N) is 2. The number of benzene rings is 1. The van der Waals surface area contributed by atoms with E-state index < -0.39 is 0 Å². The van der Waals surface area contributed by atoms with Crippen LogP contribution >= 0.6 is 0 Å². The number of hydrogen-bond acceptors (Lipinski definition) is 3. The van der Waals surface area contributed by atoms with Crippen molar-refractivity contribution in [2.45, 2.75) is 13.3 Å². The van der Waals surface area contributed by atoms with Gasteiger partial charge in [0.1, 0.15) is 0 Å². The van der Waals surface area contributed by atoms with Crippen molar-refractivity contribution in [3.05, 3.63) is 46.1 Å². The average molecular weight is 259 g/mol. The van der Waals surface area contributed by atoms with Crippen LogP contribution in [0.15, 0.2) is 30.5 Å². The summed E-state index contributed by atoms with van der Waals surface area (Å²) in [4.78, 5) is 13.7. The first-order chi connectivity index (χ1) is 9.17. The van der Waals surface area contributed by atoms with Crippen molar-refractivity contribution in [2.75, 3.05) is 13.6 Å². The minimum atomic E-state index is -0.362. The van der Waals surface area contributed by atoms with Crippen LogP contribution in [0.2, 0.25) is 0 Å². The molecule has 100 valence electrons. The van der Waals surface area contributed by atoms with Gasteiger partial charge in [-0.2, -0.15) is 0 Å². The van der Waals surface area contributed by atoms with Gasteiger partial charge in [0.05, 0.1) is 4.92 Å². The zero-order chi connectivity index (χ0) is 13.8. The molecule has 0 bridgehead atoms. The third kappa shape index (κ3) is 2.66. The highest BCUT2D eigenvalue weighted by Crippen LogP contribution is 2.29. The second kappa shape index (κ2) is 5.67. The molecule has 2 rings (SSSR count). The standard InChI is InChI=1S/C14H17N3O2/c1-3-10(6-7-15-2)13-9-16-14-5-4-11(17(18)19)8-12(13)14/h3-5,8-9,15-16H,6-7H2,1-2H3/b10-3+. The van der Waals surface area contributed by atoms with Crippen molar-refractivity contribution >= 4 is 22.2 Å². The van der Waals surface area contributed by atoms with Crippen molar-refractivity contribution < 1.29 is 4.92 Å². The molecule has 5 nitrogen and oxygen atoms in total. The van der Waals surface area contributed by atoms with Crippen LogP contribution in [0.3, 0.4) is 0 Å². The Morgan fingerprint density at radius 3 is 2.95 bits per heavy atom. The molecular weight excluding hydrogens is 242 g/mol. The number of fused-ring (bicyclic) bond motifs is 1. The van der Waals surface area contributed by atoms with Gasteiger partial charge >= 0.3 is 0 Å². The number of nitro groups is 1. The van der Waals surface area contributed by atoms with Crippen LogP contribution in [0, 0.1) is 10.1 Å². The first kappa shape index (κ1) is 13.3. The Morgan fingerprint density at radius 1 is 1.53 bits per heavy atom. The first-order valence-electron chi connectivity index (χ1n) is 6.23. The van der Waals surface area contributed by atoms with E-state index in [4.69, 9.17) is 0 Å². The van der Waals surface area contributed by atoms with Crippen molar-refractivity contribution in [2.24, 2.45) is 0 Å². The van der Waals surface area contributed by atoms with E-state index in [1.807, 2.05) is 20.2 Å². The van der Waals surface area contributed by atoms with Crippen molar-refractivity contribution in [1.29, 1.82) is 0 Å². The molecule has 2 aromatic rings. The monoisotopic (exact) mass is 259 g/mol. The van der Waals surface area contributed by atoms with Crippen LogP contribution in [0.1, 0.15) is 18.9 Å². The Morgan fingerprint density at radius 2 is 2.32 bits per heavy atom. The van der Waals surface area contributed by atoms with Gasteiger partial charge in [-0.05, 0) is 38.6 Å². The molecule has 0 aliphatic carbocycles. The highest BCUT2D eigenvalue weighted by molar-refractivity contribution is 5.93. The minimum absolute atomic E-state index is 0.123. The van der Waals surface area contributed by atoms with Crippen LogP contribution in [-0.2, 0) is 0 Å². The summed E-state index contributed by atoms with van der Waals surface area (Å²) < 4.78 is 0. The molecule has 1 aromatic carbocycles. The minimum Gasteiger partial charge on any atom is -0.361 e. The summed E-state index contributed by atoms with van der Waals surface area (Å²) in [5, 5.41) is 14.9. The third-order valence-electron chi connectivity index (χ3n) is 3.21. The number of non-ortho nitro benzene ring substituents is 1. The smallest absolute Gasteiger partial charge is 0.270 e. The molecule has 0 atom stereocenters. The maximum Gasteiger partial charge on any atom is 0.270 e. The molecule has 5 heteroatoms. The largest absolute Gasteiger partial charge is 0.361 e. The predicted octanol–water partition coefficient (Wildman–Crippen LogP) is 3.09. The molecule has 19 heavy (non-hydrogen) atoms. The summed E-state index contributed by atoms with van der Waals surface area (Å²) in [5.74, 6) is 0. The maximum absolute atomic E-state index is 10.9. The van der Waals surface area contributed by atoms with Gasteiger partial charge in [0.15, 0.2) is 0 Å². The lowest BCUT2D eigenvalue weighted by molar-refractivity contribution is -0.384. The number of allylic oxidation sites excluding steroid dienone is 1. The Labute approximate surface area is 111 Å². The van der Waals surface area contributed by atoms with Gasteiger partial charge in [0.25, 0.3) is 5.69 Å². The van der Waals surface area contributed by atoms with Gasteiger partial charge in [-0.3, -0.25) is 10.1 Å². The molecule has 0 spiro atoms. The molecule has 2 N–H and O–H groups in total. The fourth-order valence-electron chi connectivity index (χ4n) is 2.18. The summed E-state index contributed by atoms with van der Waals surface area (Å²) in [5.41, 5.74) is 3.26. The lowest BCUT2D eigenvalue weighted by Crippen LogP contribution is -2.07. The van der Waals surface area contributed by atoms with E-state index in [0.717, 1.165) is 29.4 Å². The molecule has 0 saturated heterocycles. The number of aromatic amines is 1. The van der Waals surface area contributed by atoms with E-state index in [9.17, 15) is 10.1 Å². The normalized spacial score (nSPS) is 12.0. The van der Waals surface area contributed by atoms with Crippen LogP contribution in [-0.4, -0.2) is 23.5 Å². The van der Waals surface area contributed by atoms with E-state index in [1.54, 1.807) is 12.1 Å². The maximum atomic E-state index is 10.9. The molecular formula is C14H17N3O2. The van der Waals surface area contributed by atoms with Crippen LogP contribution in [0.5, 0.6) is 0 Å². The van der Waals surface area contributed by atoms with E-state index in [0.29, 0.717) is 0 Å². The highest BCUT2D eigenvalue weighted by atomic mass is 16.6. The number of H-pyrrole nitrogens is 1. The molecule has 0 saturated carbocycles. The topological polar surface area (TPSA) is 71.0 Å². The lowest BCUT2D eigenvalue weighted by atomic mass is 10.0. The van der Waals surface area contributed by atoms with Gasteiger partial charge in [0.2, 0.25) is 0 Å². The fourth-order valence-corrected chi connectivity index (χ4v) is 2.18. The van der Waals surface area contributed by atoms with Crippen LogP contribution < -0.4 is 5.32 Å². The molecule has 1 aromatic heterocycles. The quantitative estimate of drug-likeness (QED) is 0.640. The number of aromatic nitrogens is 1. The Bertz CT molecular complexity index is 629. The highest BCUT2D eigenvalue weighted by Gasteiger charge is 2.12. The predicted molar refractivity (Wildman–Crippen MR) is 77.1 cm³/mol. The molecule has 0 fully saturated rings. The number of hydrogen-bond donors (Lipinski definition) is 2. The summed E-state index contributed by atoms with van der Waals surface area (Å²) >= 11 is 0.